The van der Waals surface area contributed by atoms with Crippen LogP contribution < -0.4 is 9.47 Å². The number of carbonyl (C=O) groups excluding carboxylic acids is 1. The molecule has 0 heterocycles. The third-order valence-electron chi connectivity index (χ3n) is 4.28. The van der Waals surface area contributed by atoms with Gasteiger partial charge >= 0.3 is 0 Å². The first-order chi connectivity index (χ1) is 12.6. The van der Waals surface area contributed by atoms with Crippen molar-refractivity contribution in [1.82, 2.24) is 4.90 Å². The lowest BCUT2D eigenvalue weighted by molar-refractivity contribution is 0.0729. The van der Waals surface area contributed by atoms with Gasteiger partial charge in [0.15, 0.2) is 11.5 Å². The minimum absolute atomic E-state index is 0.0687. The summed E-state index contributed by atoms with van der Waals surface area (Å²) in [7, 11) is 0. The van der Waals surface area contributed by atoms with Crippen molar-refractivity contribution in [3.8, 4) is 11.5 Å². The fraction of sp³-hybridized carbons (Fsp3) is 0.381. The maximum atomic E-state index is 13.5. The Bertz CT molecular complexity index is 774. The van der Waals surface area contributed by atoms with Crippen LogP contribution in [0.4, 0.5) is 4.39 Å². The summed E-state index contributed by atoms with van der Waals surface area (Å²) in [5.74, 6) is 0.849. The highest BCUT2D eigenvalue weighted by molar-refractivity contribution is 5.95. The van der Waals surface area contributed by atoms with Gasteiger partial charge in [-0.3, -0.25) is 4.79 Å². The number of rotatable bonds is 8. The van der Waals surface area contributed by atoms with Gasteiger partial charge in [0.2, 0.25) is 0 Å². The number of amides is 1. The van der Waals surface area contributed by atoms with Gasteiger partial charge < -0.3 is 14.4 Å². The Morgan fingerprint density at radius 1 is 1.08 bits per heavy atom. The summed E-state index contributed by atoms with van der Waals surface area (Å²) in [6.07, 6.45) is 1.97. The minimum atomic E-state index is -0.287. The van der Waals surface area contributed by atoms with Crippen LogP contribution >= 0.6 is 0 Å². The van der Waals surface area contributed by atoms with Crippen molar-refractivity contribution in [1.29, 1.82) is 0 Å². The lowest BCUT2D eigenvalue weighted by Crippen LogP contribution is -2.32. The molecule has 5 heteroatoms. The molecule has 4 nitrogen and oxygen atoms in total. The van der Waals surface area contributed by atoms with Crippen molar-refractivity contribution in [3.63, 3.8) is 0 Å². The van der Waals surface area contributed by atoms with E-state index in [1.807, 2.05) is 24.8 Å². The lowest BCUT2D eigenvalue weighted by Gasteiger charge is -2.23. The smallest absolute Gasteiger partial charge is 0.254 e. The molecule has 0 atom stereocenters. The molecule has 138 valence electrons. The maximum Gasteiger partial charge on any atom is 0.254 e. The number of nitrogens with zero attached hydrogens (tertiary/aromatic N) is 1. The molecular formula is C21H24FNO3. The summed E-state index contributed by atoms with van der Waals surface area (Å²) >= 11 is 0. The lowest BCUT2D eigenvalue weighted by atomic mass is 10.1. The molecule has 26 heavy (non-hydrogen) atoms. The highest BCUT2D eigenvalue weighted by Gasteiger charge is 2.33. The van der Waals surface area contributed by atoms with Crippen LogP contribution in [0.5, 0.6) is 11.5 Å². The average molecular weight is 357 g/mol. The molecule has 2 aromatic carbocycles. The molecule has 0 bridgehead atoms. The van der Waals surface area contributed by atoms with Gasteiger partial charge in [0.25, 0.3) is 5.91 Å². The van der Waals surface area contributed by atoms with E-state index in [1.165, 1.54) is 12.1 Å². The predicted molar refractivity (Wildman–Crippen MR) is 98.1 cm³/mol. The number of benzene rings is 2. The first-order valence-electron chi connectivity index (χ1n) is 9.07. The number of hydrogen-bond donors (Lipinski definition) is 0. The topological polar surface area (TPSA) is 38.8 Å². The van der Waals surface area contributed by atoms with Crippen LogP contribution in [-0.4, -0.2) is 30.1 Å². The fourth-order valence-corrected chi connectivity index (χ4v) is 2.93. The highest BCUT2D eigenvalue weighted by atomic mass is 19.1. The number of carbonyl (C=O) groups is 1. The van der Waals surface area contributed by atoms with E-state index < -0.39 is 0 Å². The molecule has 0 unspecified atom stereocenters. The fourth-order valence-electron chi connectivity index (χ4n) is 2.93. The molecule has 1 aliphatic carbocycles. The molecular weight excluding hydrogens is 333 g/mol. The summed E-state index contributed by atoms with van der Waals surface area (Å²) in [4.78, 5) is 14.9. The second-order valence-electron chi connectivity index (χ2n) is 6.32. The molecule has 0 spiro atoms. The molecule has 1 aliphatic rings. The van der Waals surface area contributed by atoms with E-state index >= 15 is 0 Å². The molecule has 0 radical (unpaired) electrons. The van der Waals surface area contributed by atoms with Crippen molar-refractivity contribution in [3.05, 3.63) is 59.4 Å². The molecule has 0 N–H and O–H groups in total. The Balaban J connectivity index is 1.84. The number of halogens is 1. The number of ether oxygens (including phenoxy) is 2. The van der Waals surface area contributed by atoms with Gasteiger partial charge in [0.05, 0.1) is 13.2 Å². The quantitative estimate of drug-likeness (QED) is 0.702. The zero-order valence-electron chi connectivity index (χ0n) is 15.2. The molecule has 3 rings (SSSR count). The number of hydrogen-bond acceptors (Lipinski definition) is 3. The summed E-state index contributed by atoms with van der Waals surface area (Å²) < 4.78 is 24.7. The van der Waals surface area contributed by atoms with Gasteiger partial charge in [0.1, 0.15) is 5.82 Å². The third-order valence-corrected chi connectivity index (χ3v) is 4.28. The van der Waals surface area contributed by atoms with Crippen LogP contribution in [0.1, 0.15) is 42.6 Å². The van der Waals surface area contributed by atoms with E-state index in [1.54, 1.807) is 24.3 Å². The Hall–Kier alpha value is -2.56. The zero-order chi connectivity index (χ0) is 18.5. The average Bonchev–Trinajstić information content (AvgIpc) is 3.46. The summed E-state index contributed by atoms with van der Waals surface area (Å²) in [5, 5.41) is 0. The highest BCUT2D eigenvalue weighted by Crippen LogP contribution is 2.33. The summed E-state index contributed by atoms with van der Waals surface area (Å²) in [5.41, 5.74) is 1.35. The van der Waals surface area contributed by atoms with Crippen LogP contribution in [0.3, 0.4) is 0 Å². The van der Waals surface area contributed by atoms with E-state index in [4.69, 9.17) is 9.47 Å². The molecule has 0 aliphatic heterocycles. The zero-order valence-corrected chi connectivity index (χ0v) is 15.2. The Morgan fingerprint density at radius 2 is 1.81 bits per heavy atom. The molecule has 1 fully saturated rings. The van der Waals surface area contributed by atoms with E-state index in [2.05, 4.69) is 0 Å². The Morgan fingerprint density at radius 3 is 2.46 bits per heavy atom. The Labute approximate surface area is 153 Å². The van der Waals surface area contributed by atoms with Crippen molar-refractivity contribution in [2.45, 2.75) is 39.3 Å². The van der Waals surface area contributed by atoms with Crippen molar-refractivity contribution in [2.75, 3.05) is 13.2 Å². The van der Waals surface area contributed by atoms with Gasteiger partial charge in [0, 0.05) is 18.2 Å². The van der Waals surface area contributed by atoms with Crippen molar-refractivity contribution < 1.29 is 18.7 Å². The predicted octanol–water partition coefficient (Wildman–Crippen LogP) is 4.43. The SMILES string of the molecule is CCOc1ccc(C(=O)N(Cc2cccc(F)c2)C2CC2)cc1OCC. The van der Waals surface area contributed by atoms with E-state index in [-0.39, 0.29) is 17.8 Å². The van der Waals surface area contributed by atoms with Gasteiger partial charge in [-0.2, -0.15) is 0 Å². The molecule has 0 saturated heterocycles. The van der Waals surface area contributed by atoms with Gasteiger partial charge in [-0.15, -0.1) is 0 Å². The first kappa shape index (κ1) is 18.2. The first-order valence-corrected chi connectivity index (χ1v) is 9.07. The van der Waals surface area contributed by atoms with Crippen LogP contribution in [0.25, 0.3) is 0 Å². The standard InChI is InChI=1S/C21H24FNO3/c1-3-25-19-11-8-16(13-20(19)26-4-2)21(24)23(18-9-10-18)14-15-6-5-7-17(22)12-15/h5-8,11-13,18H,3-4,9-10,14H2,1-2H3. The van der Waals surface area contributed by atoms with Crippen LogP contribution in [-0.2, 0) is 6.54 Å². The van der Waals surface area contributed by atoms with E-state index in [0.717, 1.165) is 18.4 Å². The van der Waals surface area contributed by atoms with Crippen molar-refractivity contribution in [2.24, 2.45) is 0 Å². The molecule has 1 amide bonds. The second-order valence-corrected chi connectivity index (χ2v) is 6.32. The largest absolute Gasteiger partial charge is 0.490 e. The third kappa shape index (κ3) is 4.34. The normalized spacial score (nSPS) is 13.3. The van der Waals surface area contributed by atoms with Gasteiger partial charge in [-0.1, -0.05) is 12.1 Å². The van der Waals surface area contributed by atoms with E-state index in [0.29, 0.717) is 36.8 Å². The second kappa shape index (κ2) is 8.21. The van der Waals surface area contributed by atoms with Crippen LogP contribution in [0.15, 0.2) is 42.5 Å². The summed E-state index contributed by atoms with van der Waals surface area (Å²) in [6, 6.07) is 11.9. The monoisotopic (exact) mass is 357 g/mol. The molecule has 2 aromatic rings. The van der Waals surface area contributed by atoms with Crippen molar-refractivity contribution >= 4 is 5.91 Å². The van der Waals surface area contributed by atoms with E-state index in [9.17, 15) is 9.18 Å². The molecule has 0 aromatic heterocycles. The minimum Gasteiger partial charge on any atom is -0.490 e. The van der Waals surface area contributed by atoms with Gasteiger partial charge in [-0.25, -0.2) is 4.39 Å². The van der Waals surface area contributed by atoms with Gasteiger partial charge in [-0.05, 0) is 62.6 Å². The van der Waals surface area contributed by atoms with Crippen LogP contribution in [0, 0.1) is 5.82 Å². The maximum absolute atomic E-state index is 13.5. The Kier molecular flexibility index (Phi) is 5.76. The van der Waals surface area contributed by atoms with Crippen LogP contribution in [0.2, 0.25) is 0 Å². The summed E-state index contributed by atoms with van der Waals surface area (Å²) in [6.45, 7) is 5.22. The molecule has 1 saturated carbocycles.